The van der Waals surface area contributed by atoms with Crippen molar-refractivity contribution < 1.29 is 0 Å². The second-order valence-corrected chi connectivity index (χ2v) is 4.24. The smallest absolute Gasteiger partial charge is 0.0699 e. The van der Waals surface area contributed by atoms with Crippen LogP contribution in [-0.2, 0) is 0 Å². The zero-order chi connectivity index (χ0) is 9.71. The van der Waals surface area contributed by atoms with Crippen LogP contribution in [0.4, 0.5) is 0 Å². The van der Waals surface area contributed by atoms with Gasteiger partial charge in [0.05, 0.1) is 11.2 Å². The summed E-state index contributed by atoms with van der Waals surface area (Å²) in [6.07, 6.45) is 4.87. The minimum atomic E-state index is 0.746. The standard InChI is InChI=1S/C12H14N2/c1-8-7-10-5-6-14(11-3-4-11)12(10)9(2)13-8/h5-7,11H,3-4H2,1-2H3. The average Bonchev–Trinajstić information content (AvgIpc) is 2.87. The van der Waals surface area contributed by atoms with Crippen molar-refractivity contribution in [2.24, 2.45) is 0 Å². The molecule has 0 aliphatic heterocycles. The first kappa shape index (κ1) is 8.04. The lowest BCUT2D eigenvalue weighted by Gasteiger charge is -2.05. The van der Waals surface area contributed by atoms with Crippen molar-refractivity contribution in [1.82, 2.24) is 9.55 Å². The van der Waals surface area contributed by atoms with E-state index < -0.39 is 0 Å². The molecule has 2 aromatic heterocycles. The number of pyridine rings is 1. The quantitative estimate of drug-likeness (QED) is 0.669. The van der Waals surface area contributed by atoms with Crippen molar-refractivity contribution in [2.45, 2.75) is 32.7 Å². The van der Waals surface area contributed by atoms with Crippen LogP contribution in [0.1, 0.15) is 30.3 Å². The second-order valence-electron chi connectivity index (χ2n) is 4.24. The average molecular weight is 186 g/mol. The van der Waals surface area contributed by atoms with E-state index in [4.69, 9.17) is 0 Å². The Hall–Kier alpha value is -1.31. The molecule has 1 aliphatic rings. The lowest BCUT2D eigenvalue weighted by atomic mass is 10.2. The van der Waals surface area contributed by atoms with Crippen LogP contribution in [0.5, 0.6) is 0 Å². The lowest BCUT2D eigenvalue weighted by Crippen LogP contribution is -1.95. The Bertz CT molecular complexity index is 492. The Morgan fingerprint density at radius 1 is 1.36 bits per heavy atom. The molecule has 2 nitrogen and oxygen atoms in total. The zero-order valence-corrected chi connectivity index (χ0v) is 8.62. The first-order valence-electron chi connectivity index (χ1n) is 5.20. The zero-order valence-electron chi connectivity index (χ0n) is 8.62. The van der Waals surface area contributed by atoms with Gasteiger partial charge >= 0.3 is 0 Å². The number of hydrogen-bond donors (Lipinski definition) is 0. The van der Waals surface area contributed by atoms with Gasteiger partial charge in [-0.25, -0.2) is 0 Å². The van der Waals surface area contributed by atoms with Gasteiger partial charge in [0.2, 0.25) is 0 Å². The molecule has 2 heteroatoms. The molecule has 0 amide bonds. The topological polar surface area (TPSA) is 17.8 Å². The summed E-state index contributed by atoms with van der Waals surface area (Å²) in [5, 5.41) is 1.34. The Kier molecular flexibility index (Phi) is 1.49. The van der Waals surface area contributed by atoms with Gasteiger partial charge in [0.1, 0.15) is 0 Å². The van der Waals surface area contributed by atoms with Gasteiger partial charge in [-0.3, -0.25) is 4.98 Å². The largest absolute Gasteiger partial charge is 0.343 e. The predicted molar refractivity (Wildman–Crippen MR) is 57.5 cm³/mol. The highest BCUT2D eigenvalue weighted by Crippen LogP contribution is 2.38. The first-order valence-corrected chi connectivity index (χ1v) is 5.20. The Morgan fingerprint density at radius 3 is 2.86 bits per heavy atom. The third-order valence-electron chi connectivity index (χ3n) is 2.94. The van der Waals surface area contributed by atoms with Gasteiger partial charge in [0.25, 0.3) is 0 Å². The second kappa shape index (κ2) is 2.59. The molecule has 0 saturated heterocycles. The molecular formula is C12H14N2. The maximum atomic E-state index is 4.52. The van der Waals surface area contributed by atoms with Crippen LogP contribution in [-0.4, -0.2) is 9.55 Å². The molecular weight excluding hydrogens is 172 g/mol. The van der Waals surface area contributed by atoms with Crippen molar-refractivity contribution in [1.29, 1.82) is 0 Å². The molecule has 0 N–H and O–H groups in total. The van der Waals surface area contributed by atoms with Gasteiger partial charge in [-0.15, -0.1) is 0 Å². The summed E-state index contributed by atoms with van der Waals surface area (Å²) >= 11 is 0. The fourth-order valence-corrected chi connectivity index (χ4v) is 2.21. The molecule has 14 heavy (non-hydrogen) atoms. The number of nitrogens with zero attached hydrogens (tertiary/aromatic N) is 2. The Balaban J connectivity index is 2.33. The minimum absolute atomic E-state index is 0.746. The molecule has 0 spiro atoms. The number of hydrogen-bond acceptors (Lipinski definition) is 1. The van der Waals surface area contributed by atoms with Crippen LogP contribution in [0.25, 0.3) is 10.9 Å². The normalized spacial score (nSPS) is 16.4. The van der Waals surface area contributed by atoms with Crippen LogP contribution in [0.15, 0.2) is 18.3 Å². The molecule has 0 unspecified atom stereocenters. The molecule has 1 saturated carbocycles. The van der Waals surface area contributed by atoms with Gasteiger partial charge in [-0.1, -0.05) is 0 Å². The summed E-state index contributed by atoms with van der Waals surface area (Å²) in [5.74, 6) is 0. The molecule has 2 aromatic rings. The third-order valence-corrected chi connectivity index (χ3v) is 2.94. The molecule has 72 valence electrons. The van der Waals surface area contributed by atoms with Crippen LogP contribution >= 0.6 is 0 Å². The van der Waals surface area contributed by atoms with E-state index in [0.717, 1.165) is 17.4 Å². The fourth-order valence-electron chi connectivity index (χ4n) is 2.21. The molecule has 0 aromatic carbocycles. The van der Waals surface area contributed by atoms with E-state index in [1.54, 1.807) is 0 Å². The van der Waals surface area contributed by atoms with Gasteiger partial charge in [0, 0.05) is 23.3 Å². The highest BCUT2D eigenvalue weighted by Gasteiger charge is 2.25. The molecule has 0 atom stereocenters. The first-order chi connectivity index (χ1) is 6.75. The molecule has 2 heterocycles. The molecule has 0 bridgehead atoms. The summed E-state index contributed by atoms with van der Waals surface area (Å²) in [6, 6.07) is 5.12. The van der Waals surface area contributed by atoms with E-state index in [2.05, 4.69) is 41.7 Å². The number of aromatic nitrogens is 2. The third kappa shape index (κ3) is 1.07. The number of rotatable bonds is 1. The van der Waals surface area contributed by atoms with Crippen molar-refractivity contribution in [3.8, 4) is 0 Å². The molecule has 0 radical (unpaired) electrons. The number of fused-ring (bicyclic) bond motifs is 1. The monoisotopic (exact) mass is 186 g/mol. The minimum Gasteiger partial charge on any atom is -0.343 e. The highest BCUT2D eigenvalue weighted by atomic mass is 15.0. The van der Waals surface area contributed by atoms with E-state index in [0.29, 0.717) is 0 Å². The molecule has 1 fully saturated rings. The summed E-state index contributed by atoms with van der Waals surface area (Å²) in [6.45, 7) is 4.16. The summed E-state index contributed by atoms with van der Waals surface area (Å²) in [4.78, 5) is 4.52. The van der Waals surface area contributed by atoms with E-state index >= 15 is 0 Å². The number of aryl methyl sites for hydroxylation is 2. The van der Waals surface area contributed by atoms with E-state index in [1.807, 2.05) is 0 Å². The van der Waals surface area contributed by atoms with Crippen LogP contribution < -0.4 is 0 Å². The van der Waals surface area contributed by atoms with Crippen molar-refractivity contribution >= 4 is 10.9 Å². The molecule has 1 aliphatic carbocycles. The Morgan fingerprint density at radius 2 is 2.14 bits per heavy atom. The SMILES string of the molecule is Cc1cc2ccn(C3CC3)c2c(C)n1. The maximum Gasteiger partial charge on any atom is 0.0699 e. The van der Waals surface area contributed by atoms with E-state index in [1.165, 1.54) is 23.7 Å². The van der Waals surface area contributed by atoms with Gasteiger partial charge in [0.15, 0.2) is 0 Å². The highest BCUT2D eigenvalue weighted by molar-refractivity contribution is 5.82. The van der Waals surface area contributed by atoms with Gasteiger partial charge < -0.3 is 4.57 Å². The van der Waals surface area contributed by atoms with Gasteiger partial charge in [-0.05, 0) is 38.8 Å². The van der Waals surface area contributed by atoms with Crippen LogP contribution in [0.2, 0.25) is 0 Å². The molecule has 3 rings (SSSR count). The maximum absolute atomic E-state index is 4.52. The summed E-state index contributed by atoms with van der Waals surface area (Å²) in [5.41, 5.74) is 3.61. The lowest BCUT2D eigenvalue weighted by molar-refractivity contribution is 0.771. The van der Waals surface area contributed by atoms with Crippen LogP contribution in [0, 0.1) is 13.8 Å². The fraction of sp³-hybridized carbons (Fsp3) is 0.417. The van der Waals surface area contributed by atoms with Crippen LogP contribution in [0.3, 0.4) is 0 Å². The van der Waals surface area contributed by atoms with E-state index in [9.17, 15) is 0 Å². The van der Waals surface area contributed by atoms with E-state index in [-0.39, 0.29) is 0 Å². The summed E-state index contributed by atoms with van der Waals surface area (Å²) in [7, 11) is 0. The van der Waals surface area contributed by atoms with Crippen molar-refractivity contribution in [3.63, 3.8) is 0 Å². The Labute approximate surface area is 83.6 Å². The van der Waals surface area contributed by atoms with Crippen molar-refractivity contribution in [3.05, 3.63) is 29.7 Å². The van der Waals surface area contributed by atoms with Crippen molar-refractivity contribution in [2.75, 3.05) is 0 Å². The van der Waals surface area contributed by atoms with Gasteiger partial charge in [-0.2, -0.15) is 0 Å². The predicted octanol–water partition coefficient (Wildman–Crippen LogP) is 2.99. The summed E-state index contributed by atoms with van der Waals surface area (Å²) < 4.78 is 2.39.